The standard InChI is InChI=1S/C24H22FN3O3S/c1-2-13-32(30,31)22-10-6-4-8-18(22)24(29)26-17-11-12-20-21(15-17)28-23(27-20)14-16-7-3-5-9-19(16)25/h3-12,15H,2,13-14H2,1H3,(H,26,29)(H,27,28). The minimum atomic E-state index is -3.55. The minimum Gasteiger partial charge on any atom is -0.342 e. The Balaban J connectivity index is 1.58. The van der Waals surface area contributed by atoms with E-state index in [0.29, 0.717) is 41.0 Å². The van der Waals surface area contributed by atoms with Gasteiger partial charge in [-0.25, -0.2) is 17.8 Å². The second-order valence-electron chi connectivity index (χ2n) is 7.45. The summed E-state index contributed by atoms with van der Waals surface area (Å²) < 4.78 is 39.0. The lowest BCUT2D eigenvalue weighted by molar-refractivity contribution is 0.102. The van der Waals surface area contributed by atoms with Crippen LogP contribution in [0.15, 0.2) is 71.6 Å². The van der Waals surface area contributed by atoms with Crippen molar-refractivity contribution in [1.29, 1.82) is 0 Å². The number of benzene rings is 3. The summed E-state index contributed by atoms with van der Waals surface area (Å²) in [6, 6.07) is 17.9. The van der Waals surface area contributed by atoms with Crippen LogP contribution in [-0.2, 0) is 16.3 Å². The van der Waals surface area contributed by atoms with Gasteiger partial charge in [-0.1, -0.05) is 37.3 Å². The number of aromatic amines is 1. The van der Waals surface area contributed by atoms with Crippen LogP contribution in [0.25, 0.3) is 11.0 Å². The van der Waals surface area contributed by atoms with Crippen LogP contribution in [-0.4, -0.2) is 30.0 Å². The third-order valence-corrected chi connectivity index (χ3v) is 7.02. The van der Waals surface area contributed by atoms with Gasteiger partial charge in [0, 0.05) is 12.1 Å². The monoisotopic (exact) mass is 451 g/mol. The molecule has 1 amide bonds. The third-order valence-electron chi connectivity index (χ3n) is 5.04. The van der Waals surface area contributed by atoms with Crippen LogP contribution in [0.5, 0.6) is 0 Å². The molecule has 2 N–H and O–H groups in total. The molecule has 0 aliphatic rings. The molecular weight excluding hydrogens is 429 g/mol. The Morgan fingerprint density at radius 1 is 1.06 bits per heavy atom. The van der Waals surface area contributed by atoms with Gasteiger partial charge in [-0.3, -0.25) is 4.79 Å². The number of carbonyl (C=O) groups excluding carboxylic acids is 1. The van der Waals surface area contributed by atoms with Crippen molar-refractivity contribution in [2.24, 2.45) is 0 Å². The second kappa shape index (κ2) is 8.92. The molecule has 0 radical (unpaired) electrons. The molecule has 0 bridgehead atoms. The van der Waals surface area contributed by atoms with E-state index in [2.05, 4.69) is 15.3 Å². The lowest BCUT2D eigenvalue weighted by atomic mass is 10.1. The lowest BCUT2D eigenvalue weighted by Gasteiger charge is -2.10. The number of fused-ring (bicyclic) bond motifs is 1. The molecule has 0 fully saturated rings. The normalized spacial score (nSPS) is 11.6. The topological polar surface area (TPSA) is 91.9 Å². The van der Waals surface area contributed by atoms with Gasteiger partial charge in [-0.15, -0.1) is 0 Å². The van der Waals surface area contributed by atoms with Gasteiger partial charge in [0.2, 0.25) is 0 Å². The molecule has 8 heteroatoms. The molecule has 4 aromatic rings. The summed E-state index contributed by atoms with van der Waals surface area (Å²) in [5.74, 6) is -0.227. The molecule has 0 unspecified atom stereocenters. The number of amides is 1. The van der Waals surface area contributed by atoms with Crippen molar-refractivity contribution in [2.75, 3.05) is 11.1 Å². The number of hydrogen-bond acceptors (Lipinski definition) is 4. The molecule has 0 saturated heterocycles. The first kappa shape index (κ1) is 21.7. The fraction of sp³-hybridized carbons (Fsp3) is 0.167. The molecule has 164 valence electrons. The Hall–Kier alpha value is -3.52. The molecule has 4 rings (SSSR count). The predicted molar refractivity (Wildman–Crippen MR) is 122 cm³/mol. The van der Waals surface area contributed by atoms with Crippen molar-refractivity contribution in [3.05, 3.63) is 89.5 Å². The van der Waals surface area contributed by atoms with Gasteiger partial charge in [-0.2, -0.15) is 0 Å². The van der Waals surface area contributed by atoms with Crippen molar-refractivity contribution in [3.8, 4) is 0 Å². The summed E-state index contributed by atoms with van der Waals surface area (Å²) in [5, 5.41) is 2.76. The zero-order valence-electron chi connectivity index (χ0n) is 17.4. The quantitative estimate of drug-likeness (QED) is 0.425. The molecule has 0 aliphatic carbocycles. The van der Waals surface area contributed by atoms with Crippen LogP contribution in [0, 0.1) is 5.82 Å². The number of nitrogens with one attached hydrogen (secondary N) is 2. The zero-order chi connectivity index (χ0) is 22.7. The largest absolute Gasteiger partial charge is 0.342 e. The number of hydrogen-bond donors (Lipinski definition) is 2. The molecule has 3 aromatic carbocycles. The van der Waals surface area contributed by atoms with E-state index in [0.717, 1.165) is 0 Å². The third kappa shape index (κ3) is 4.55. The van der Waals surface area contributed by atoms with Crippen molar-refractivity contribution in [2.45, 2.75) is 24.7 Å². The summed E-state index contributed by atoms with van der Waals surface area (Å²) in [6.45, 7) is 1.78. The van der Waals surface area contributed by atoms with E-state index in [-0.39, 0.29) is 22.0 Å². The van der Waals surface area contributed by atoms with Crippen molar-refractivity contribution in [3.63, 3.8) is 0 Å². The van der Waals surface area contributed by atoms with Gasteiger partial charge in [-0.05, 0) is 48.4 Å². The average molecular weight is 452 g/mol. The average Bonchev–Trinajstić information content (AvgIpc) is 3.17. The van der Waals surface area contributed by atoms with E-state index in [1.165, 1.54) is 18.2 Å². The number of carbonyl (C=O) groups is 1. The van der Waals surface area contributed by atoms with Crippen LogP contribution in [0.2, 0.25) is 0 Å². The van der Waals surface area contributed by atoms with Crippen LogP contribution in [0.1, 0.15) is 35.1 Å². The van der Waals surface area contributed by atoms with Crippen molar-refractivity contribution >= 4 is 32.5 Å². The van der Waals surface area contributed by atoms with Crippen LogP contribution in [0.4, 0.5) is 10.1 Å². The molecular formula is C24H22FN3O3S. The van der Waals surface area contributed by atoms with Crippen molar-refractivity contribution < 1.29 is 17.6 Å². The van der Waals surface area contributed by atoms with Crippen LogP contribution >= 0.6 is 0 Å². The first-order chi connectivity index (χ1) is 15.4. The maximum atomic E-state index is 13.9. The summed E-state index contributed by atoms with van der Waals surface area (Å²) in [7, 11) is -3.55. The minimum absolute atomic E-state index is 0.0224. The molecule has 0 spiro atoms. The molecule has 0 atom stereocenters. The number of anilines is 1. The summed E-state index contributed by atoms with van der Waals surface area (Å²) in [4.78, 5) is 20.5. The maximum absolute atomic E-state index is 13.9. The van der Waals surface area contributed by atoms with Gasteiger partial charge in [0.25, 0.3) is 5.91 Å². The van der Waals surface area contributed by atoms with Crippen LogP contribution in [0.3, 0.4) is 0 Å². The maximum Gasteiger partial charge on any atom is 0.256 e. The van der Waals surface area contributed by atoms with E-state index in [9.17, 15) is 17.6 Å². The summed E-state index contributed by atoms with van der Waals surface area (Å²) >= 11 is 0. The van der Waals surface area contributed by atoms with Gasteiger partial charge in [0.05, 0.1) is 27.2 Å². The molecule has 6 nitrogen and oxygen atoms in total. The highest BCUT2D eigenvalue weighted by Gasteiger charge is 2.21. The smallest absolute Gasteiger partial charge is 0.256 e. The first-order valence-corrected chi connectivity index (χ1v) is 11.9. The number of imidazole rings is 1. The highest BCUT2D eigenvalue weighted by molar-refractivity contribution is 7.91. The summed E-state index contributed by atoms with van der Waals surface area (Å²) in [6.07, 6.45) is 0.774. The van der Waals surface area contributed by atoms with Crippen LogP contribution < -0.4 is 5.32 Å². The molecule has 1 aromatic heterocycles. The molecule has 1 heterocycles. The number of halogens is 1. The Morgan fingerprint density at radius 2 is 1.81 bits per heavy atom. The highest BCUT2D eigenvalue weighted by atomic mass is 32.2. The summed E-state index contributed by atoms with van der Waals surface area (Å²) in [5.41, 5.74) is 2.49. The predicted octanol–water partition coefficient (Wildman–Crippen LogP) is 4.73. The number of sulfone groups is 1. The zero-order valence-corrected chi connectivity index (χ0v) is 18.2. The Bertz CT molecular complexity index is 1400. The number of rotatable bonds is 7. The highest BCUT2D eigenvalue weighted by Crippen LogP contribution is 2.22. The van der Waals surface area contributed by atoms with Gasteiger partial charge < -0.3 is 10.3 Å². The first-order valence-electron chi connectivity index (χ1n) is 10.2. The van der Waals surface area contributed by atoms with E-state index in [4.69, 9.17) is 0 Å². The van der Waals surface area contributed by atoms with E-state index in [1.807, 2.05) is 0 Å². The Labute approximate surface area is 185 Å². The number of aromatic nitrogens is 2. The van der Waals surface area contributed by atoms with E-state index in [1.54, 1.807) is 55.5 Å². The van der Waals surface area contributed by atoms with Gasteiger partial charge >= 0.3 is 0 Å². The Morgan fingerprint density at radius 3 is 2.59 bits per heavy atom. The van der Waals surface area contributed by atoms with Crippen molar-refractivity contribution in [1.82, 2.24) is 9.97 Å². The second-order valence-corrected chi connectivity index (χ2v) is 9.53. The SMILES string of the molecule is CCCS(=O)(=O)c1ccccc1C(=O)Nc1ccc2nc(Cc3ccccc3F)[nH]c2c1. The van der Waals surface area contributed by atoms with E-state index >= 15 is 0 Å². The number of nitrogens with zero attached hydrogens (tertiary/aromatic N) is 1. The lowest BCUT2D eigenvalue weighted by Crippen LogP contribution is -2.17. The van der Waals surface area contributed by atoms with Gasteiger partial charge in [0.1, 0.15) is 11.6 Å². The molecule has 32 heavy (non-hydrogen) atoms. The molecule has 0 saturated carbocycles. The molecule has 0 aliphatic heterocycles. The van der Waals surface area contributed by atoms with E-state index < -0.39 is 15.7 Å². The number of H-pyrrole nitrogens is 1. The Kier molecular flexibility index (Phi) is 6.05. The van der Waals surface area contributed by atoms with Gasteiger partial charge in [0.15, 0.2) is 9.84 Å². The fourth-order valence-electron chi connectivity index (χ4n) is 3.55. The fourth-order valence-corrected chi connectivity index (χ4v) is 5.09.